The first-order valence-corrected chi connectivity index (χ1v) is 6.86. The molecular weight excluding hydrogens is 305 g/mol. The number of ether oxygens (including phenoxy) is 1. The van der Waals surface area contributed by atoms with E-state index in [1.165, 1.54) is 23.0 Å². The monoisotopic (exact) mass is 317 g/mol. The molecule has 1 aromatic carbocycles. The molecule has 2 aromatic heterocycles. The van der Waals surface area contributed by atoms with Crippen molar-refractivity contribution >= 4 is 17.1 Å². The lowest BCUT2D eigenvalue weighted by molar-refractivity contribution is 0.0516. The predicted molar refractivity (Wildman–Crippen MR) is 77.5 cm³/mol. The van der Waals surface area contributed by atoms with Crippen molar-refractivity contribution in [3.63, 3.8) is 0 Å². The highest BCUT2D eigenvalue weighted by molar-refractivity contribution is 5.99. The molecule has 0 unspecified atom stereocenters. The molecule has 0 radical (unpaired) electrons. The smallest absolute Gasteiger partial charge is 0.361 e. The van der Waals surface area contributed by atoms with Gasteiger partial charge in [-0.2, -0.15) is 0 Å². The van der Waals surface area contributed by atoms with Gasteiger partial charge in [-0.25, -0.2) is 14.2 Å². The molecule has 2 heterocycles. The molecule has 118 valence electrons. The fourth-order valence-corrected chi connectivity index (χ4v) is 2.16. The number of rotatable bonds is 4. The SMILES string of the molecule is CCOC(=O)c1noc2ncn(Cc3cccc(F)c3)c(=O)c12. The van der Waals surface area contributed by atoms with E-state index >= 15 is 0 Å². The van der Waals surface area contributed by atoms with Gasteiger partial charge in [0, 0.05) is 0 Å². The molecule has 0 saturated carbocycles. The topological polar surface area (TPSA) is 87.2 Å². The van der Waals surface area contributed by atoms with Gasteiger partial charge in [0.25, 0.3) is 11.3 Å². The van der Waals surface area contributed by atoms with Gasteiger partial charge in [-0.15, -0.1) is 0 Å². The highest BCUT2D eigenvalue weighted by Gasteiger charge is 2.22. The van der Waals surface area contributed by atoms with Gasteiger partial charge in [-0.3, -0.25) is 9.36 Å². The summed E-state index contributed by atoms with van der Waals surface area (Å²) < 4.78 is 24.2. The Hall–Kier alpha value is -3.03. The number of fused-ring (bicyclic) bond motifs is 1. The van der Waals surface area contributed by atoms with Gasteiger partial charge in [0.1, 0.15) is 17.5 Å². The maximum Gasteiger partial charge on any atom is 0.361 e. The van der Waals surface area contributed by atoms with E-state index in [0.29, 0.717) is 5.56 Å². The van der Waals surface area contributed by atoms with Crippen molar-refractivity contribution in [1.29, 1.82) is 0 Å². The van der Waals surface area contributed by atoms with E-state index in [-0.39, 0.29) is 29.9 Å². The Morgan fingerprint density at radius 2 is 2.26 bits per heavy atom. The molecule has 0 aliphatic rings. The second-order valence-corrected chi connectivity index (χ2v) is 4.74. The summed E-state index contributed by atoms with van der Waals surface area (Å²) in [6.45, 7) is 1.89. The fourth-order valence-electron chi connectivity index (χ4n) is 2.16. The van der Waals surface area contributed by atoms with Crippen LogP contribution < -0.4 is 5.56 Å². The highest BCUT2D eigenvalue weighted by atomic mass is 19.1. The number of carbonyl (C=O) groups is 1. The first-order chi connectivity index (χ1) is 11.1. The molecular formula is C15H12FN3O4. The molecule has 8 heteroatoms. The zero-order valence-corrected chi connectivity index (χ0v) is 12.2. The van der Waals surface area contributed by atoms with Crippen LogP contribution in [0.2, 0.25) is 0 Å². The lowest BCUT2D eigenvalue weighted by Crippen LogP contribution is -2.22. The molecule has 0 atom stereocenters. The quantitative estimate of drug-likeness (QED) is 0.681. The summed E-state index contributed by atoms with van der Waals surface area (Å²) >= 11 is 0. The zero-order chi connectivity index (χ0) is 16.4. The number of carbonyl (C=O) groups excluding carboxylic acids is 1. The van der Waals surface area contributed by atoms with Gasteiger partial charge in [0.15, 0.2) is 0 Å². The normalized spacial score (nSPS) is 10.9. The average Bonchev–Trinajstić information content (AvgIpc) is 2.95. The van der Waals surface area contributed by atoms with E-state index in [2.05, 4.69) is 10.1 Å². The molecule has 0 fully saturated rings. The number of halogens is 1. The summed E-state index contributed by atoms with van der Waals surface area (Å²) in [6.07, 6.45) is 1.26. The van der Waals surface area contributed by atoms with E-state index < -0.39 is 17.3 Å². The van der Waals surface area contributed by atoms with Crippen LogP contribution in [0.1, 0.15) is 23.0 Å². The summed E-state index contributed by atoms with van der Waals surface area (Å²) in [5.41, 5.74) is -0.188. The van der Waals surface area contributed by atoms with Crippen LogP contribution >= 0.6 is 0 Å². The van der Waals surface area contributed by atoms with Crippen LogP contribution in [0.25, 0.3) is 11.1 Å². The highest BCUT2D eigenvalue weighted by Crippen LogP contribution is 2.13. The van der Waals surface area contributed by atoms with Gasteiger partial charge in [-0.05, 0) is 24.6 Å². The van der Waals surface area contributed by atoms with Crippen LogP contribution in [0, 0.1) is 5.82 Å². The number of nitrogens with zero attached hydrogens (tertiary/aromatic N) is 3. The van der Waals surface area contributed by atoms with Gasteiger partial charge in [-0.1, -0.05) is 17.3 Å². The Morgan fingerprint density at radius 1 is 1.43 bits per heavy atom. The average molecular weight is 317 g/mol. The van der Waals surface area contributed by atoms with Crippen molar-refractivity contribution in [3.8, 4) is 0 Å². The molecule has 3 aromatic rings. The van der Waals surface area contributed by atoms with E-state index in [1.54, 1.807) is 19.1 Å². The molecule has 7 nitrogen and oxygen atoms in total. The van der Waals surface area contributed by atoms with Crippen molar-refractivity contribution in [2.45, 2.75) is 13.5 Å². The zero-order valence-electron chi connectivity index (χ0n) is 12.2. The Kier molecular flexibility index (Phi) is 3.88. The Morgan fingerprint density at radius 3 is 3.00 bits per heavy atom. The van der Waals surface area contributed by atoms with Crippen LogP contribution in [0.4, 0.5) is 4.39 Å². The lowest BCUT2D eigenvalue weighted by Gasteiger charge is -2.05. The van der Waals surface area contributed by atoms with Crippen molar-refractivity contribution in [2.75, 3.05) is 6.61 Å². The van der Waals surface area contributed by atoms with Crippen LogP contribution in [0.5, 0.6) is 0 Å². The van der Waals surface area contributed by atoms with Gasteiger partial charge < -0.3 is 9.26 Å². The van der Waals surface area contributed by atoms with Crippen molar-refractivity contribution < 1.29 is 18.4 Å². The van der Waals surface area contributed by atoms with E-state index in [0.717, 1.165) is 0 Å². The van der Waals surface area contributed by atoms with Crippen molar-refractivity contribution in [1.82, 2.24) is 14.7 Å². The molecule has 0 saturated heterocycles. The van der Waals surface area contributed by atoms with E-state index in [9.17, 15) is 14.0 Å². The first kappa shape index (κ1) is 14.9. The molecule has 0 amide bonds. The minimum atomic E-state index is -0.756. The number of hydrogen-bond acceptors (Lipinski definition) is 6. The molecule has 0 aliphatic heterocycles. The summed E-state index contributed by atoms with van der Waals surface area (Å²) in [5, 5.41) is 3.50. The van der Waals surface area contributed by atoms with Crippen LogP contribution in [-0.4, -0.2) is 27.3 Å². The third-order valence-corrected chi connectivity index (χ3v) is 3.17. The van der Waals surface area contributed by atoms with Gasteiger partial charge >= 0.3 is 5.97 Å². The predicted octanol–water partition coefficient (Wildman–Crippen LogP) is 1.75. The fraction of sp³-hybridized carbons (Fsp3) is 0.200. The van der Waals surface area contributed by atoms with Gasteiger partial charge in [0.2, 0.25) is 5.69 Å². The Balaban J connectivity index is 2.06. The summed E-state index contributed by atoms with van der Waals surface area (Å²) in [7, 11) is 0. The molecule has 3 rings (SSSR count). The maximum absolute atomic E-state index is 13.2. The van der Waals surface area contributed by atoms with Gasteiger partial charge in [0.05, 0.1) is 13.2 Å². The summed E-state index contributed by atoms with van der Waals surface area (Å²) in [5.74, 6) is -1.16. The minimum absolute atomic E-state index is 0.0476. The second kappa shape index (κ2) is 5.99. The Bertz CT molecular complexity index is 932. The third kappa shape index (κ3) is 2.83. The van der Waals surface area contributed by atoms with E-state index in [4.69, 9.17) is 9.26 Å². The first-order valence-electron chi connectivity index (χ1n) is 6.86. The number of hydrogen-bond donors (Lipinski definition) is 0. The third-order valence-electron chi connectivity index (χ3n) is 3.17. The second-order valence-electron chi connectivity index (χ2n) is 4.74. The molecule has 23 heavy (non-hydrogen) atoms. The number of benzene rings is 1. The molecule has 0 aliphatic carbocycles. The largest absolute Gasteiger partial charge is 0.461 e. The van der Waals surface area contributed by atoms with Crippen LogP contribution in [0.15, 0.2) is 39.9 Å². The minimum Gasteiger partial charge on any atom is -0.461 e. The maximum atomic E-state index is 13.2. The van der Waals surface area contributed by atoms with Crippen LogP contribution in [-0.2, 0) is 11.3 Å². The number of esters is 1. The molecule has 0 spiro atoms. The molecule has 0 bridgehead atoms. The Labute approximate surface area is 129 Å². The van der Waals surface area contributed by atoms with Crippen molar-refractivity contribution in [2.24, 2.45) is 0 Å². The molecule has 0 N–H and O–H groups in total. The standard InChI is InChI=1S/C15H12FN3O4/c1-2-22-15(21)12-11-13(23-18-12)17-8-19(14(11)20)7-9-4-3-5-10(16)6-9/h3-6,8H,2,7H2,1H3. The number of aromatic nitrogens is 3. The summed E-state index contributed by atoms with van der Waals surface area (Å²) in [4.78, 5) is 28.3. The lowest BCUT2D eigenvalue weighted by atomic mass is 10.2. The van der Waals surface area contributed by atoms with Crippen molar-refractivity contribution in [3.05, 3.63) is 58.0 Å². The van der Waals surface area contributed by atoms with Crippen LogP contribution in [0.3, 0.4) is 0 Å². The summed E-state index contributed by atoms with van der Waals surface area (Å²) in [6, 6.07) is 5.85. The van der Waals surface area contributed by atoms with E-state index in [1.807, 2.05) is 0 Å².